The average Bonchev–Trinajstić information content (AvgIpc) is 2.45. The second-order valence-corrected chi connectivity index (χ2v) is 9.25. The van der Waals surface area contributed by atoms with Crippen LogP contribution in [0.3, 0.4) is 0 Å². The van der Waals surface area contributed by atoms with E-state index in [2.05, 4.69) is 27.2 Å². The number of carbonyl (C=O) groups is 1. The van der Waals surface area contributed by atoms with Crippen LogP contribution in [0.1, 0.15) is 44.1 Å². The Kier molecular flexibility index (Phi) is 3.17. The average molecular weight is 358 g/mol. The smallest absolute Gasteiger partial charge is 0.230 e. The lowest BCUT2D eigenvalue weighted by atomic mass is 9.49. The van der Waals surface area contributed by atoms with Crippen molar-refractivity contribution in [2.45, 2.75) is 42.8 Å². The first-order chi connectivity index (χ1) is 10.5. The molecule has 4 saturated carbocycles. The molecule has 114 valence electrons. The van der Waals surface area contributed by atoms with Crippen LogP contribution >= 0.6 is 15.9 Å². The summed E-state index contributed by atoms with van der Waals surface area (Å²) in [6, 6.07) is 7.58. The van der Waals surface area contributed by atoms with Crippen LogP contribution in [0, 0.1) is 29.6 Å². The Balaban J connectivity index is 1.59. The van der Waals surface area contributed by atoms with Gasteiger partial charge in [-0.2, -0.15) is 0 Å². The molecule has 1 amide bonds. The van der Waals surface area contributed by atoms with Gasteiger partial charge < -0.3 is 5.32 Å². The van der Waals surface area contributed by atoms with Gasteiger partial charge in [0.1, 0.15) is 0 Å². The van der Waals surface area contributed by atoms with Crippen LogP contribution in [-0.2, 0) is 4.79 Å². The minimum Gasteiger partial charge on any atom is -0.326 e. The van der Waals surface area contributed by atoms with E-state index >= 15 is 0 Å². The van der Waals surface area contributed by atoms with Crippen molar-refractivity contribution in [3.63, 3.8) is 0 Å². The highest BCUT2D eigenvalue weighted by atomic mass is 79.9. The molecule has 4 aliphatic carbocycles. The summed E-state index contributed by atoms with van der Waals surface area (Å²) in [4.78, 5) is 13.0. The van der Waals surface area contributed by atoms with Crippen molar-refractivity contribution in [1.82, 2.24) is 0 Å². The Hall–Kier alpha value is -1.27. The lowest BCUT2D eigenvalue weighted by Gasteiger charge is -2.59. The molecule has 0 spiro atoms. The number of alkyl halides is 1. The second-order valence-electron chi connectivity index (χ2n) is 7.57. The fourth-order valence-corrected chi connectivity index (χ4v) is 6.82. The summed E-state index contributed by atoms with van der Waals surface area (Å²) in [7, 11) is 0. The topological polar surface area (TPSA) is 29.1 Å². The highest BCUT2D eigenvalue weighted by Gasteiger charge is 2.59. The maximum absolute atomic E-state index is 13.0. The van der Waals surface area contributed by atoms with Crippen molar-refractivity contribution in [1.29, 1.82) is 0 Å². The van der Waals surface area contributed by atoms with Crippen LogP contribution in [-0.4, -0.2) is 10.2 Å². The molecule has 4 aliphatic rings. The number of terminal acetylenes is 1. The van der Waals surface area contributed by atoms with E-state index in [-0.39, 0.29) is 15.6 Å². The third kappa shape index (κ3) is 2.29. The third-order valence-corrected chi connectivity index (χ3v) is 6.69. The standard InChI is InChI=1S/C19H20BrNO/c1-2-13-4-3-5-16(7-13)21-17(22)18-8-14-6-15(9-18)11-19(20,10-14)12-18/h1,3-5,7,14-15H,6,8-12H2,(H,21,22). The summed E-state index contributed by atoms with van der Waals surface area (Å²) in [5.74, 6) is 4.24. The van der Waals surface area contributed by atoms with Crippen molar-refractivity contribution < 1.29 is 4.79 Å². The maximum Gasteiger partial charge on any atom is 0.230 e. The lowest BCUT2D eigenvalue weighted by molar-refractivity contribution is -0.138. The summed E-state index contributed by atoms with van der Waals surface area (Å²) in [6.07, 6.45) is 12.3. The third-order valence-electron chi connectivity index (χ3n) is 5.76. The highest BCUT2D eigenvalue weighted by Crippen LogP contribution is 2.64. The molecule has 0 aromatic heterocycles. The van der Waals surface area contributed by atoms with Crippen molar-refractivity contribution in [2.75, 3.05) is 5.32 Å². The quantitative estimate of drug-likeness (QED) is 0.618. The van der Waals surface area contributed by atoms with Gasteiger partial charge in [-0.15, -0.1) is 6.42 Å². The number of amides is 1. The number of rotatable bonds is 2. The monoisotopic (exact) mass is 357 g/mol. The summed E-state index contributed by atoms with van der Waals surface area (Å²) in [5, 5.41) is 3.14. The molecule has 2 nitrogen and oxygen atoms in total. The first kappa shape index (κ1) is 14.3. The Morgan fingerprint density at radius 2 is 2.00 bits per heavy atom. The fraction of sp³-hybridized carbons (Fsp3) is 0.526. The van der Waals surface area contributed by atoms with Gasteiger partial charge in [0.25, 0.3) is 0 Å². The van der Waals surface area contributed by atoms with E-state index in [0.29, 0.717) is 11.8 Å². The molecule has 2 atom stereocenters. The Bertz CT molecular complexity index is 660. The SMILES string of the molecule is C#Cc1cccc(NC(=O)C23CC4CC(CC(Br)(C4)C2)C3)c1. The molecule has 4 fully saturated rings. The van der Waals surface area contributed by atoms with Gasteiger partial charge in [-0.05, 0) is 68.6 Å². The Morgan fingerprint density at radius 1 is 1.27 bits per heavy atom. The van der Waals surface area contributed by atoms with Gasteiger partial charge in [0.05, 0.1) is 5.41 Å². The molecule has 1 N–H and O–H groups in total. The van der Waals surface area contributed by atoms with Crippen LogP contribution in [0.5, 0.6) is 0 Å². The summed E-state index contributed by atoms with van der Waals surface area (Å²) in [5.41, 5.74) is 1.44. The molecule has 0 aliphatic heterocycles. The Labute approximate surface area is 140 Å². The normalized spacial score (nSPS) is 38.5. The summed E-state index contributed by atoms with van der Waals surface area (Å²) in [6.45, 7) is 0. The molecule has 0 heterocycles. The van der Waals surface area contributed by atoms with E-state index in [1.807, 2.05) is 24.3 Å². The molecule has 4 bridgehead atoms. The predicted octanol–water partition coefficient (Wildman–Crippen LogP) is 4.34. The lowest BCUT2D eigenvalue weighted by Crippen LogP contribution is -2.57. The van der Waals surface area contributed by atoms with E-state index in [1.54, 1.807) is 0 Å². The summed E-state index contributed by atoms with van der Waals surface area (Å²) < 4.78 is 0.203. The molecule has 1 aromatic rings. The molecule has 0 radical (unpaired) electrons. The van der Waals surface area contributed by atoms with Crippen LogP contribution in [0.25, 0.3) is 0 Å². The molecule has 5 rings (SSSR count). The van der Waals surface area contributed by atoms with E-state index in [0.717, 1.165) is 30.5 Å². The van der Waals surface area contributed by atoms with Crippen molar-refractivity contribution in [2.24, 2.45) is 17.3 Å². The fourth-order valence-electron chi connectivity index (χ4n) is 5.37. The first-order valence-electron chi connectivity index (χ1n) is 8.07. The van der Waals surface area contributed by atoms with Crippen LogP contribution in [0.4, 0.5) is 5.69 Å². The molecular formula is C19H20BrNO. The number of hydrogen-bond acceptors (Lipinski definition) is 1. The van der Waals surface area contributed by atoms with Crippen LogP contribution < -0.4 is 5.32 Å². The minimum atomic E-state index is -0.181. The number of hydrogen-bond donors (Lipinski definition) is 1. The van der Waals surface area contributed by atoms with Gasteiger partial charge in [-0.25, -0.2) is 0 Å². The van der Waals surface area contributed by atoms with Gasteiger partial charge in [0, 0.05) is 15.6 Å². The van der Waals surface area contributed by atoms with E-state index in [4.69, 9.17) is 6.42 Å². The largest absolute Gasteiger partial charge is 0.326 e. The molecule has 3 heteroatoms. The molecule has 1 aromatic carbocycles. The van der Waals surface area contributed by atoms with Gasteiger partial charge in [-0.3, -0.25) is 4.79 Å². The molecule has 22 heavy (non-hydrogen) atoms. The van der Waals surface area contributed by atoms with Gasteiger partial charge in [-0.1, -0.05) is 27.9 Å². The molecule has 2 unspecified atom stereocenters. The Morgan fingerprint density at radius 3 is 2.64 bits per heavy atom. The van der Waals surface area contributed by atoms with Gasteiger partial charge in [0.15, 0.2) is 0 Å². The zero-order valence-electron chi connectivity index (χ0n) is 12.6. The minimum absolute atomic E-state index is 0.181. The van der Waals surface area contributed by atoms with Crippen molar-refractivity contribution in [3.8, 4) is 12.3 Å². The zero-order valence-corrected chi connectivity index (χ0v) is 14.2. The van der Waals surface area contributed by atoms with Gasteiger partial charge >= 0.3 is 0 Å². The first-order valence-corrected chi connectivity index (χ1v) is 8.87. The molecular weight excluding hydrogens is 338 g/mol. The van der Waals surface area contributed by atoms with Crippen molar-refractivity contribution >= 4 is 27.5 Å². The number of anilines is 1. The maximum atomic E-state index is 13.0. The van der Waals surface area contributed by atoms with Crippen LogP contribution in [0.15, 0.2) is 24.3 Å². The summed E-state index contributed by atoms with van der Waals surface area (Å²) >= 11 is 3.96. The van der Waals surface area contributed by atoms with Crippen molar-refractivity contribution in [3.05, 3.63) is 29.8 Å². The zero-order chi connectivity index (χ0) is 15.4. The number of carbonyl (C=O) groups excluding carboxylic acids is 1. The highest BCUT2D eigenvalue weighted by molar-refractivity contribution is 9.10. The van der Waals surface area contributed by atoms with Gasteiger partial charge in [0.2, 0.25) is 5.91 Å². The van der Waals surface area contributed by atoms with E-state index < -0.39 is 0 Å². The van der Waals surface area contributed by atoms with E-state index in [9.17, 15) is 4.79 Å². The van der Waals surface area contributed by atoms with E-state index in [1.165, 1.54) is 19.3 Å². The number of nitrogens with one attached hydrogen (secondary N) is 1. The number of halogens is 1. The second kappa shape index (κ2) is 4.86. The predicted molar refractivity (Wildman–Crippen MR) is 91.8 cm³/mol. The van der Waals surface area contributed by atoms with Crippen LogP contribution in [0.2, 0.25) is 0 Å². The number of benzene rings is 1. The molecule has 0 saturated heterocycles.